The van der Waals surface area contributed by atoms with Crippen LogP contribution in [0.4, 0.5) is 12.0 Å². The second-order valence-electron chi connectivity index (χ2n) is 2.74. The molecule has 0 aliphatic heterocycles. The molecule has 0 atom stereocenters. The van der Waals surface area contributed by atoms with Gasteiger partial charge in [0.2, 0.25) is 11.8 Å². The molecule has 3 N–H and O–H groups in total. The summed E-state index contributed by atoms with van der Waals surface area (Å²) in [5.41, 5.74) is 5.35. The van der Waals surface area contributed by atoms with Crippen LogP contribution < -0.4 is 11.1 Å². The minimum Gasteiger partial charge on any atom is -0.408 e. The first-order valence-corrected chi connectivity index (χ1v) is 4.45. The van der Waals surface area contributed by atoms with E-state index in [9.17, 15) is 0 Å². The molecule has 0 spiro atoms. The molecule has 0 unspecified atom stereocenters. The Labute approximate surface area is 85.7 Å². The van der Waals surface area contributed by atoms with E-state index in [0.717, 1.165) is 0 Å². The van der Waals surface area contributed by atoms with Crippen molar-refractivity contribution in [2.45, 2.75) is 6.42 Å². The second-order valence-corrected chi connectivity index (χ2v) is 2.74. The van der Waals surface area contributed by atoms with Crippen LogP contribution in [0.25, 0.3) is 0 Å². The van der Waals surface area contributed by atoms with Gasteiger partial charge in [-0.15, -0.1) is 5.10 Å². The number of anilines is 2. The van der Waals surface area contributed by atoms with Gasteiger partial charge in [-0.05, 0) is 6.07 Å². The Kier molecular flexibility index (Phi) is 2.84. The number of rotatable bonds is 4. The number of hydrogen-bond donors (Lipinski definition) is 2. The molecule has 15 heavy (non-hydrogen) atoms. The lowest BCUT2D eigenvalue weighted by Crippen LogP contribution is -2.02. The molecule has 2 heterocycles. The van der Waals surface area contributed by atoms with Crippen molar-refractivity contribution < 1.29 is 4.42 Å². The Bertz CT molecular complexity index is 414. The quantitative estimate of drug-likeness (QED) is 0.731. The van der Waals surface area contributed by atoms with Crippen molar-refractivity contribution in [2.24, 2.45) is 5.73 Å². The zero-order valence-electron chi connectivity index (χ0n) is 7.92. The maximum absolute atomic E-state index is 5.35. The first-order chi connectivity index (χ1) is 7.38. The normalized spacial score (nSPS) is 10.2. The average Bonchev–Trinajstić information content (AvgIpc) is 2.68. The highest BCUT2D eigenvalue weighted by atomic mass is 16.4. The highest BCUT2D eigenvalue weighted by Gasteiger charge is 2.05. The van der Waals surface area contributed by atoms with E-state index in [1.165, 1.54) is 0 Å². The van der Waals surface area contributed by atoms with Gasteiger partial charge >= 0.3 is 6.01 Å². The Morgan fingerprint density at radius 1 is 1.27 bits per heavy atom. The number of nitrogens with one attached hydrogen (secondary N) is 1. The summed E-state index contributed by atoms with van der Waals surface area (Å²) in [5, 5.41) is 10.3. The third kappa shape index (κ3) is 2.47. The van der Waals surface area contributed by atoms with E-state index >= 15 is 0 Å². The minimum atomic E-state index is 0.268. The Morgan fingerprint density at radius 3 is 2.80 bits per heavy atom. The van der Waals surface area contributed by atoms with Gasteiger partial charge in [-0.3, -0.25) is 5.32 Å². The van der Waals surface area contributed by atoms with Crippen LogP contribution in [0.5, 0.6) is 0 Å². The molecule has 2 rings (SSSR count). The van der Waals surface area contributed by atoms with Crippen LogP contribution in [0.2, 0.25) is 0 Å². The molecule has 7 nitrogen and oxygen atoms in total. The molecule has 0 aliphatic carbocycles. The van der Waals surface area contributed by atoms with Crippen LogP contribution in [0.1, 0.15) is 5.89 Å². The Hall–Kier alpha value is -2.02. The summed E-state index contributed by atoms with van der Waals surface area (Å²) in [5.74, 6) is 0.913. The predicted octanol–water partition coefficient (Wildman–Crippen LogP) is 0.104. The van der Waals surface area contributed by atoms with Gasteiger partial charge in [-0.2, -0.15) is 0 Å². The molecule has 2 aromatic rings. The maximum atomic E-state index is 5.35. The van der Waals surface area contributed by atoms with Crippen LogP contribution in [-0.4, -0.2) is 26.7 Å². The Balaban J connectivity index is 2.05. The molecule has 0 fully saturated rings. The zero-order chi connectivity index (χ0) is 10.5. The van der Waals surface area contributed by atoms with E-state index in [1.54, 1.807) is 18.5 Å². The van der Waals surface area contributed by atoms with Gasteiger partial charge in [0.15, 0.2) is 0 Å². The van der Waals surface area contributed by atoms with E-state index < -0.39 is 0 Å². The van der Waals surface area contributed by atoms with Crippen molar-refractivity contribution in [3.05, 3.63) is 24.4 Å². The van der Waals surface area contributed by atoms with Crippen molar-refractivity contribution in [3.63, 3.8) is 0 Å². The molecule has 0 saturated carbocycles. The van der Waals surface area contributed by atoms with Crippen molar-refractivity contribution in [1.29, 1.82) is 0 Å². The van der Waals surface area contributed by atoms with Crippen LogP contribution in [0, 0.1) is 0 Å². The molecule has 0 aromatic carbocycles. The highest BCUT2D eigenvalue weighted by molar-refractivity contribution is 5.38. The van der Waals surface area contributed by atoms with E-state index in [1.807, 2.05) is 0 Å². The lowest BCUT2D eigenvalue weighted by Gasteiger charge is -1.96. The van der Waals surface area contributed by atoms with Crippen molar-refractivity contribution in [1.82, 2.24) is 20.2 Å². The van der Waals surface area contributed by atoms with Crippen LogP contribution in [0.15, 0.2) is 22.9 Å². The highest BCUT2D eigenvalue weighted by Crippen LogP contribution is 2.09. The molecule has 0 amide bonds. The topological polar surface area (TPSA) is 103 Å². The first kappa shape index (κ1) is 9.53. The maximum Gasteiger partial charge on any atom is 0.322 e. The molecule has 2 aromatic heterocycles. The van der Waals surface area contributed by atoms with Gasteiger partial charge in [0.25, 0.3) is 0 Å². The molecule has 0 radical (unpaired) electrons. The second kappa shape index (κ2) is 4.47. The zero-order valence-corrected chi connectivity index (χ0v) is 7.92. The molecule has 78 valence electrons. The van der Waals surface area contributed by atoms with Crippen LogP contribution in [-0.2, 0) is 6.42 Å². The third-order valence-electron chi connectivity index (χ3n) is 1.61. The largest absolute Gasteiger partial charge is 0.408 e. The first-order valence-electron chi connectivity index (χ1n) is 4.45. The Morgan fingerprint density at radius 2 is 2.07 bits per heavy atom. The fourth-order valence-electron chi connectivity index (χ4n) is 0.988. The molecular formula is C8H10N6O. The van der Waals surface area contributed by atoms with Crippen molar-refractivity contribution in [3.8, 4) is 0 Å². The summed E-state index contributed by atoms with van der Waals surface area (Å²) in [6, 6.07) is 1.99. The van der Waals surface area contributed by atoms with Gasteiger partial charge in [0, 0.05) is 25.4 Å². The fourth-order valence-corrected chi connectivity index (χ4v) is 0.988. The summed E-state index contributed by atoms with van der Waals surface area (Å²) >= 11 is 0. The number of hydrogen-bond acceptors (Lipinski definition) is 7. The fraction of sp³-hybridized carbons (Fsp3) is 0.250. The van der Waals surface area contributed by atoms with Crippen LogP contribution >= 0.6 is 0 Å². The SMILES string of the molecule is NCCc1nnc(Nc2ncccn2)o1. The van der Waals surface area contributed by atoms with Crippen molar-refractivity contribution in [2.75, 3.05) is 11.9 Å². The lowest BCUT2D eigenvalue weighted by atomic mass is 10.4. The summed E-state index contributed by atoms with van der Waals surface area (Å²) in [4.78, 5) is 7.91. The van der Waals surface area contributed by atoms with Gasteiger partial charge in [0.1, 0.15) is 0 Å². The summed E-state index contributed by atoms with van der Waals surface area (Å²) in [6.07, 6.45) is 3.79. The number of aromatic nitrogens is 4. The summed E-state index contributed by atoms with van der Waals surface area (Å²) in [7, 11) is 0. The monoisotopic (exact) mass is 206 g/mol. The van der Waals surface area contributed by atoms with Crippen LogP contribution in [0.3, 0.4) is 0 Å². The molecule has 0 saturated heterocycles. The smallest absolute Gasteiger partial charge is 0.322 e. The predicted molar refractivity (Wildman–Crippen MR) is 52.4 cm³/mol. The lowest BCUT2D eigenvalue weighted by molar-refractivity contribution is 0.509. The van der Waals surface area contributed by atoms with Gasteiger partial charge in [0.05, 0.1) is 0 Å². The minimum absolute atomic E-state index is 0.268. The summed E-state index contributed by atoms with van der Waals surface area (Å²) < 4.78 is 5.23. The molecular weight excluding hydrogens is 196 g/mol. The molecule has 7 heteroatoms. The molecule has 0 aliphatic rings. The third-order valence-corrected chi connectivity index (χ3v) is 1.61. The number of nitrogens with two attached hydrogens (primary N) is 1. The van der Waals surface area contributed by atoms with Crippen molar-refractivity contribution >= 4 is 12.0 Å². The van der Waals surface area contributed by atoms with E-state index in [0.29, 0.717) is 24.8 Å². The van der Waals surface area contributed by atoms with Gasteiger partial charge in [-0.25, -0.2) is 9.97 Å². The van der Waals surface area contributed by atoms with E-state index in [-0.39, 0.29) is 6.01 Å². The summed E-state index contributed by atoms with van der Waals surface area (Å²) in [6.45, 7) is 0.476. The van der Waals surface area contributed by atoms with Gasteiger partial charge < -0.3 is 10.2 Å². The average molecular weight is 206 g/mol. The van der Waals surface area contributed by atoms with E-state index in [4.69, 9.17) is 10.2 Å². The standard InChI is InChI=1S/C8H10N6O/c9-3-2-6-13-14-8(15-6)12-7-10-4-1-5-11-7/h1,4-5H,2-3,9H2,(H,10,11,12,14). The molecule has 0 bridgehead atoms. The van der Waals surface area contributed by atoms with E-state index in [2.05, 4.69) is 25.5 Å². The van der Waals surface area contributed by atoms with Gasteiger partial charge in [-0.1, -0.05) is 5.10 Å². The number of nitrogens with zero attached hydrogens (tertiary/aromatic N) is 4.